The molecule has 21 heavy (non-hydrogen) atoms. The minimum absolute atomic E-state index is 0.112. The molecule has 0 atom stereocenters. The predicted molar refractivity (Wildman–Crippen MR) is 81.9 cm³/mol. The molecule has 1 aromatic heterocycles. The van der Waals surface area contributed by atoms with Crippen LogP contribution in [0.1, 0.15) is 11.1 Å². The van der Waals surface area contributed by atoms with Gasteiger partial charge in [0.25, 0.3) is 5.56 Å². The van der Waals surface area contributed by atoms with Crippen LogP contribution in [0.4, 0.5) is 0 Å². The molecule has 0 aliphatic rings. The lowest BCUT2D eigenvalue weighted by atomic mass is 10.1. The number of aromatic nitrogens is 1. The van der Waals surface area contributed by atoms with E-state index in [1.807, 2.05) is 31.2 Å². The van der Waals surface area contributed by atoms with Crippen molar-refractivity contribution in [2.75, 3.05) is 14.1 Å². The number of rotatable bonds is 4. The first-order valence-electron chi connectivity index (χ1n) is 6.50. The van der Waals surface area contributed by atoms with Crippen molar-refractivity contribution in [1.29, 1.82) is 0 Å². The van der Waals surface area contributed by atoms with Crippen LogP contribution in [0.3, 0.4) is 0 Å². The van der Waals surface area contributed by atoms with Crippen molar-refractivity contribution >= 4 is 10.0 Å². The number of aryl methyl sites for hydroxylation is 1. The van der Waals surface area contributed by atoms with Gasteiger partial charge in [0, 0.05) is 26.4 Å². The predicted octanol–water partition coefficient (Wildman–Crippen LogP) is 1.46. The second kappa shape index (κ2) is 5.83. The molecular weight excluding hydrogens is 288 g/mol. The van der Waals surface area contributed by atoms with Gasteiger partial charge in [-0.15, -0.1) is 0 Å². The molecule has 0 radical (unpaired) electrons. The molecule has 0 unspecified atom stereocenters. The zero-order valence-electron chi connectivity index (χ0n) is 12.3. The largest absolute Gasteiger partial charge is 0.310 e. The van der Waals surface area contributed by atoms with E-state index in [-0.39, 0.29) is 10.5 Å². The number of benzene rings is 1. The summed E-state index contributed by atoms with van der Waals surface area (Å²) in [5, 5.41) is 0. The Balaban J connectivity index is 2.47. The molecule has 0 saturated heterocycles. The first kappa shape index (κ1) is 15.5. The van der Waals surface area contributed by atoms with Crippen molar-refractivity contribution < 1.29 is 8.42 Å². The molecule has 0 aliphatic carbocycles. The van der Waals surface area contributed by atoms with E-state index in [1.165, 1.54) is 37.0 Å². The molecular formula is C15H18N2O3S. The molecule has 1 aromatic carbocycles. The summed E-state index contributed by atoms with van der Waals surface area (Å²) >= 11 is 0. The van der Waals surface area contributed by atoms with Crippen LogP contribution in [0.15, 0.2) is 52.3 Å². The van der Waals surface area contributed by atoms with Gasteiger partial charge in [0.2, 0.25) is 10.0 Å². The topological polar surface area (TPSA) is 59.4 Å². The number of hydrogen-bond donors (Lipinski definition) is 0. The lowest BCUT2D eigenvalue weighted by Gasteiger charge is -2.14. The molecule has 0 saturated carbocycles. The quantitative estimate of drug-likeness (QED) is 0.859. The van der Waals surface area contributed by atoms with E-state index < -0.39 is 10.0 Å². The third-order valence-corrected chi connectivity index (χ3v) is 5.14. The Morgan fingerprint density at radius 1 is 1.10 bits per heavy atom. The fourth-order valence-corrected chi connectivity index (χ4v) is 2.89. The first-order chi connectivity index (χ1) is 9.82. The van der Waals surface area contributed by atoms with Gasteiger partial charge in [-0.05, 0) is 24.1 Å². The molecule has 0 aliphatic heterocycles. The van der Waals surface area contributed by atoms with Crippen LogP contribution in [0.2, 0.25) is 0 Å². The highest BCUT2D eigenvalue weighted by atomic mass is 32.2. The normalized spacial score (nSPS) is 11.8. The van der Waals surface area contributed by atoms with E-state index in [9.17, 15) is 13.2 Å². The Labute approximate surface area is 124 Å². The summed E-state index contributed by atoms with van der Waals surface area (Å²) in [5.74, 6) is 0. The Bertz CT molecular complexity index is 808. The maximum Gasteiger partial charge on any atom is 0.250 e. The van der Waals surface area contributed by atoms with E-state index in [2.05, 4.69) is 0 Å². The lowest BCUT2D eigenvalue weighted by Crippen LogP contribution is -2.26. The van der Waals surface area contributed by atoms with Gasteiger partial charge in [0.05, 0.1) is 11.4 Å². The highest BCUT2D eigenvalue weighted by molar-refractivity contribution is 7.89. The standard InChI is InChI=1S/C15H18N2O3S/c1-12-6-4-5-7-13(12)10-17-11-14(8-9-15(17)18)21(19,20)16(2)3/h4-9,11H,10H2,1-3H3. The minimum atomic E-state index is -3.54. The van der Waals surface area contributed by atoms with Gasteiger partial charge in [0.15, 0.2) is 0 Å². The molecule has 6 heteroatoms. The molecule has 1 heterocycles. The van der Waals surface area contributed by atoms with Crippen LogP contribution in [0.5, 0.6) is 0 Å². The van der Waals surface area contributed by atoms with Crippen molar-refractivity contribution in [2.45, 2.75) is 18.4 Å². The van der Waals surface area contributed by atoms with Crippen LogP contribution >= 0.6 is 0 Å². The monoisotopic (exact) mass is 306 g/mol. The molecule has 0 bridgehead atoms. The highest BCUT2D eigenvalue weighted by Gasteiger charge is 2.18. The summed E-state index contributed by atoms with van der Waals surface area (Å²) in [6.07, 6.45) is 1.39. The third kappa shape index (κ3) is 3.22. The molecule has 112 valence electrons. The second-order valence-electron chi connectivity index (χ2n) is 5.04. The van der Waals surface area contributed by atoms with Crippen LogP contribution in [0, 0.1) is 6.92 Å². The second-order valence-corrected chi connectivity index (χ2v) is 7.20. The van der Waals surface area contributed by atoms with E-state index in [0.717, 1.165) is 15.4 Å². The Hall–Kier alpha value is -1.92. The fourth-order valence-electron chi connectivity index (χ4n) is 1.97. The van der Waals surface area contributed by atoms with Gasteiger partial charge in [-0.1, -0.05) is 24.3 Å². The maximum absolute atomic E-state index is 12.1. The van der Waals surface area contributed by atoms with Crippen LogP contribution in [-0.4, -0.2) is 31.4 Å². The van der Waals surface area contributed by atoms with Gasteiger partial charge in [0.1, 0.15) is 0 Å². The average molecular weight is 306 g/mol. The SMILES string of the molecule is Cc1ccccc1Cn1cc(S(=O)(=O)N(C)C)ccc1=O. The van der Waals surface area contributed by atoms with Gasteiger partial charge in [-0.3, -0.25) is 4.79 Å². The van der Waals surface area contributed by atoms with Gasteiger partial charge >= 0.3 is 0 Å². The van der Waals surface area contributed by atoms with E-state index in [4.69, 9.17) is 0 Å². The maximum atomic E-state index is 12.1. The molecule has 0 fully saturated rings. The number of hydrogen-bond acceptors (Lipinski definition) is 3. The fraction of sp³-hybridized carbons (Fsp3) is 0.267. The van der Waals surface area contributed by atoms with Crippen molar-refractivity contribution in [1.82, 2.24) is 8.87 Å². The Morgan fingerprint density at radius 2 is 1.76 bits per heavy atom. The highest BCUT2D eigenvalue weighted by Crippen LogP contribution is 2.13. The third-order valence-electron chi connectivity index (χ3n) is 3.34. The summed E-state index contributed by atoms with van der Waals surface area (Å²) in [5.41, 5.74) is 1.82. The minimum Gasteiger partial charge on any atom is -0.310 e. The van der Waals surface area contributed by atoms with Crippen LogP contribution in [-0.2, 0) is 16.6 Å². The zero-order chi connectivity index (χ0) is 15.6. The Morgan fingerprint density at radius 3 is 2.38 bits per heavy atom. The average Bonchev–Trinajstić information content (AvgIpc) is 2.43. The van der Waals surface area contributed by atoms with Gasteiger partial charge in [-0.25, -0.2) is 12.7 Å². The van der Waals surface area contributed by atoms with Gasteiger partial charge in [-0.2, -0.15) is 0 Å². The van der Waals surface area contributed by atoms with E-state index in [1.54, 1.807) is 0 Å². The summed E-state index contributed by atoms with van der Waals surface area (Å²) in [7, 11) is -0.616. The molecule has 0 amide bonds. The molecule has 0 N–H and O–H groups in total. The summed E-state index contributed by atoms with van der Waals surface area (Å²) < 4.78 is 26.8. The van der Waals surface area contributed by atoms with Crippen LogP contribution < -0.4 is 5.56 Å². The van der Waals surface area contributed by atoms with Crippen molar-refractivity contribution in [3.8, 4) is 0 Å². The lowest BCUT2D eigenvalue weighted by molar-refractivity contribution is 0.519. The van der Waals surface area contributed by atoms with Crippen molar-refractivity contribution in [3.63, 3.8) is 0 Å². The molecule has 5 nitrogen and oxygen atoms in total. The number of pyridine rings is 1. The summed E-state index contributed by atoms with van der Waals surface area (Å²) in [6.45, 7) is 2.31. The Kier molecular flexibility index (Phi) is 4.29. The van der Waals surface area contributed by atoms with E-state index >= 15 is 0 Å². The van der Waals surface area contributed by atoms with Crippen molar-refractivity contribution in [3.05, 3.63) is 64.1 Å². The smallest absolute Gasteiger partial charge is 0.250 e. The zero-order valence-corrected chi connectivity index (χ0v) is 13.1. The van der Waals surface area contributed by atoms with E-state index in [0.29, 0.717) is 6.54 Å². The molecule has 2 aromatic rings. The van der Waals surface area contributed by atoms with Crippen molar-refractivity contribution in [2.24, 2.45) is 0 Å². The summed E-state index contributed by atoms with van der Waals surface area (Å²) in [4.78, 5) is 12.1. The van der Waals surface area contributed by atoms with Gasteiger partial charge < -0.3 is 4.57 Å². The number of sulfonamides is 1. The first-order valence-corrected chi connectivity index (χ1v) is 7.94. The molecule has 0 spiro atoms. The number of nitrogens with zero attached hydrogens (tertiary/aromatic N) is 2. The molecule has 2 rings (SSSR count). The summed E-state index contributed by atoms with van der Waals surface area (Å²) in [6, 6.07) is 10.3. The van der Waals surface area contributed by atoms with Crippen LogP contribution in [0.25, 0.3) is 0 Å².